The molecule has 1 aliphatic carbocycles. The first-order valence-electron chi connectivity index (χ1n) is 4.27. The summed E-state index contributed by atoms with van der Waals surface area (Å²) in [5, 5.41) is 9.96. The van der Waals surface area contributed by atoms with Gasteiger partial charge in [-0.25, -0.2) is 0 Å². The molecule has 1 fully saturated rings. The molecule has 2 rings (SSSR count). The zero-order chi connectivity index (χ0) is 7.90. The minimum Gasteiger partial charge on any atom is -0.495 e. The van der Waals surface area contributed by atoms with Crippen molar-refractivity contribution >= 4 is 0 Å². The van der Waals surface area contributed by atoms with Crippen molar-refractivity contribution in [1.82, 2.24) is 0 Å². The van der Waals surface area contributed by atoms with E-state index >= 15 is 0 Å². The molecular formula is C9H14O2. The van der Waals surface area contributed by atoms with Gasteiger partial charge in [0.1, 0.15) is 11.4 Å². The Morgan fingerprint density at radius 1 is 1.64 bits per heavy atom. The van der Waals surface area contributed by atoms with Crippen molar-refractivity contribution in [3.63, 3.8) is 0 Å². The number of aliphatic hydroxyl groups is 1. The largest absolute Gasteiger partial charge is 0.495 e. The van der Waals surface area contributed by atoms with Gasteiger partial charge in [0, 0.05) is 6.42 Å². The summed E-state index contributed by atoms with van der Waals surface area (Å²) >= 11 is 0. The van der Waals surface area contributed by atoms with Crippen LogP contribution in [0.4, 0.5) is 0 Å². The van der Waals surface area contributed by atoms with Crippen LogP contribution in [-0.4, -0.2) is 17.3 Å². The molecule has 2 heteroatoms. The highest BCUT2D eigenvalue weighted by atomic mass is 16.5. The van der Waals surface area contributed by atoms with E-state index in [9.17, 15) is 5.11 Å². The van der Waals surface area contributed by atoms with Crippen LogP contribution in [0.1, 0.15) is 26.2 Å². The van der Waals surface area contributed by atoms with E-state index in [2.05, 4.69) is 0 Å². The van der Waals surface area contributed by atoms with Crippen molar-refractivity contribution in [2.75, 3.05) is 6.61 Å². The van der Waals surface area contributed by atoms with Gasteiger partial charge in [0.2, 0.25) is 0 Å². The Morgan fingerprint density at radius 2 is 2.36 bits per heavy atom. The summed E-state index contributed by atoms with van der Waals surface area (Å²) in [5.41, 5.74) is -0.670. The normalized spacial score (nSPS) is 29.1. The molecule has 0 aromatic heterocycles. The highest BCUT2D eigenvalue weighted by molar-refractivity contribution is 5.16. The van der Waals surface area contributed by atoms with Gasteiger partial charge in [0.25, 0.3) is 0 Å². The Bertz CT molecular complexity index is 190. The zero-order valence-electron chi connectivity index (χ0n) is 6.84. The third-order valence-electron chi connectivity index (χ3n) is 2.58. The van der Waals surface area contributed by atoms with Crippen LogP contribution >= 0.6 is 0 Å². The lowest BCUT2D eigenvalue weighted by atomic mass is 9.98. The van der Waals surface area contributed by atoms with E-state index in [-0.39, 0.29) is 0 Å². The second-order valence-electron chi connectivity index (χ2n) is 3.63. The number of hydrogen-bond donors (Lipinski definition) is 1. The minimum atomic E-state index is -0.670. The molecule has 2 nitrogen and oxygen atoms in total. The van der Waals surface area contributed by atoms with Crippen molar-refractivity contribution in [2.45, 2.75) is 31.8 Å². The van der Waals surface area contributed by atoms with Crippen molar-refractivity contribution in [3.8, 4) is 0 Å². The zero-order valence-corrected chi connectivity index (χ0v) is 6.84. The molecule has 0 saturated heterocycles. The van der Waals surface area contributed by atoms with Gasteiger partial charge < -0.3 is 9.84 Å². The van der Waals surface area contributed by atoms with Crippen molar-refractivity contribution < 1.29 is 9.84 Å². The molecule has 1 N–H and O–H groups in total. The molecule has 1 unspecified atom stereocenters. The lowest BCUT2D eigenvalue weighted by Crippen LogP contribution is -2.29. The van der Waals surface area contributed by atoms with Crippen LogP contribution < -0.4 is 0 Å². The lowest BCUT2D eigenvalue weighted by molar-refractivity contribution is 0.0165. The highest BCUT2D eigenvalue weighted by Crippen LogP contribution is 2.44. The van der Waals surface area contributed by atoms with Crippen molar-refractivity contribution in [2.24, 2.45) is 5.92 Å². The maximum Gasteiger partial charge on any atom is 0.124 e. The van der Waals surface area contributed by atoms with Gasteiger partial charge in [-0.1, -0.05) is 0 Å². The van der Waals surface area contributed by atoms with E-state index in [0.29, 0.717) is 5.92 Å². The molecule has 0 amide bonds. The van der Waals surface area contributed by atoms with E-state index in [1.54, 1.807) is 0 Å². The van der Waals surface area contributed by atoms with Crippen LogP contribution in [0, 0.1) is 5.92 Å². The second kappa shape index (κ2) is 2.24. The summed E-state index contributed by atoms with van der Waals surface area (Å²) in [6, 6.07) is 0. The molecular weight excluding hydrogens is 140 g/mol. The van der Waals surface area contributed by atoms with E-state index in [1.807, 2.05) is 13.0 Å². The van der Waals surface area contributed by atoms with E-state index in [4.69, 9.17) is 4.74 Å². The van der Waals surface area contributed by atoms with Crippen LogP contribution in [0.15, 0.2) is 11.8 Å². The fourth-order valence-corrected chi connectivity index (χ4v) is 1.62. The first-order valence-corrected chi connectivity index (χ1v) is 4.27. The van der Waals surface area contributed by atoms with E-state index in [0.717, 1.165) is 31.6 Å². The van der Waals surface area contributed by atoms with Gasteiger partial charge >= 0.3 is 0 Å². The smallest absolute Gasteiger partial charge is 0.124 e. The second-order valence-corrected chi connectivity index (χ2v) is 3.63. The minimum absolute atomic E-state index is 0.451. The summed E-state index contributed by atoms with van der Waals surface area (Å²) in [4.78, 5) is 0. The van der Waals surface area contributed by atoms with Gasteiger partial charge in [-0.05, 0) is 31.8 Å². The average molecular weight is 154 g/mol. The van der Waals surface area contributed by atoms with Gasteiger partial charge in [0.05, 0.1) is 6.61 Å². The highest BCUT2D eigenvalue weighted by Gasteiger charge is 2.44. The van der Waals surface area contributed by atoms with Crippen LogP contribution in [0.3, 0.4) is 0 Å². The SMILES string of the molecule is CC(O)(C1=CCCO1)C1CC1. The lowest BCUT2D eigenvalue weighted by Gasteiger charge is -2.23. The van der Waals surface area contributed by atoms with Crippen LogP contribution in [0.2, 0.25) is 0 Å². The number of rotatable bonds is 2. The third-order valence-corrected chi connectivity index (χ3v) is 2.58. The molecule has 0 bridgehead atoms. The summed E-state index contributed by atoms with van der Waals surface area (Å²) in [6.45, 7) is 2.61. The van der Waals surface area contributed by atoms with Crippen LogP contribution in [0.5, 0.6) is 0 Å². The molecule has 0 aromatic rings. The van der Waals surface area contributed by atoms with Gasteiger partial charge in [-0.3, -0.25) is 0 Å². The van der Waals surface area contributed by atoms with Gasteiger partial charge in [-0.15, -0.1) is 0 Å². The fraction of sp³-hybridized carbons (Fsp3) is 0.778. The van der Waals surface area contributed by atoms with Gasteiger partial charge in [-0.2, -0.15) is 0 Å². The van der Waals surface area contributed by atoms with Crippen LogP contribution in [-0.2, 0) is 4.74 Å². The summed E-state index contributed by atoms with van der Waals surface area (Å²) in [5.74, 6) is 1.26. The Balaban J connectivity index is 2.11. The maximum absolute atomic E-state index is 9.96. The first-order chi connectivity index (χ1) is 5.21. The molecule has 1 aliphatic heterocycles. The molecule has 0 radical (unpaired) electrons. The molecule has 62 valence electrons. The Labute approximate surface area is 66.9 Å². The van der Waals surface area contributed by atoms with Crippen molar-refractivity contribution in [1.29, 1.82) is 0 Å². The summed E-state index contributed by atoms with van der Waals surface area (Å²) in [7, 11) is 0. The number of hydrogen-bond acceptors (Lipinski definition) is 2. The molecule has 0 aromatic carbocycles. The molecule has 1 saturated carbocycles. The fourth-order valence-electron chi connectivity index (χ4n) is 1.62. The molecule has 11 heavy (non-hydrogen) atoms. The summed E-state index contributed by atoms with van der Waals surface area (Å²) < 4.78 is 5.33. The Hall–Kier alpha value is -0.500. The third kappa shape index (κ3) is 1.16. The van der Waals surface area contributed by atoms with Crippen molar-refractivity contribution in [3.05, 3.63) is 11.8 Å². The number of ether oxygens (including phenoxy) is 1. The van der Waals surface area contributed by atoms with Gasteiger partial charge in [0.15, 0.2) is 0 Å². The predicted octanol–water partition coefficient (Wildman–Crippen LogP) is 1.45. The van der Waals surface area contributed by atoms with E-state index in [1.165, 1.54) is 0 Å². The average Bonchev–Trinajstić information content (AvgIpc) is 2.66. The maximum atomic E-state index is 9.96. The topological polar surface area (TPSA) is 29.5 Å². The van der Waals surface area contributed by atoms with Crippen LogP contribution in [0.25, 0.3) is 0 Å². The summed E-state index contributed by atoms with van der Waals surface area (Å²) in [6.07, 6.45) is 5.26. The molecule has 1 heterocycles. The quantitative estimate of drug-likeness (QED) is 0.652. The first kappa shape index (κ1) is 7.17. The molecule has 0 spiro atoms. The Kier molecular flexibility index (Phi) is 1.46. The standard InChI is InChI=1S/C9H14O2/c1-9(10,7-4-5-7)8-3-2-6-11-8/h3,7,10H,2,4-6H2,1H3. The molecule has 1 atom stereocenters. The predicted molar refractivity (Wildman–Crippen MR) is 42.0 cm³/mol. The Morgan fingerprint density at radius 3 is 2.82 bits per heavy atom. The monoisotopic (exact) mass is 154 g/mol. The van der Waals surface area contributed by atoms with E-state index < -0.39 is 5.60 Å². The molecule has 2 aliphatic rings.